The Bertz CT molecular complexity index is 1100. The van der Waals surface area contributed by atoms with Crippen LogP contribution in [0.3, 0.4) is 0 Å². The maximum absolute atomic E-state index is 12.8. The van der Waals surface area contributed by atoms with Gasteiger partial charge in [-0.05, 0) is 52.0 Å². The first-order valence-corrected chi connectivity index (χ1v) is 13.1. The molecule has 1 aromatic heterocycles. The largest absolute Gasteiger partial charge is 0.468 e. The molecule has 172 valence electrons. The van der Waals surface area contributed by atoms with Crippen LogP contribution in [0.15, 0.2) is 34.2 Å². The highest BCUT2D eigenvalue weighted by atomic mass is 79.9. The monoisotopic (exact) mass is 540 g/mol. The summed E-state index contributed by atoms with van der Waals surface area (Å²) in [7, 11) is -2.55. The Morgan fingerprint density at radius 1 is 1.19 bits per heavy atom. The van der Waals surface area contributed by atoms with Crippen molar-refractivity contribution in [2.75, 3.05) is 38.2 Å². The van der Waals surface area contributed by atoms with Gasteiger partial charge in [-0.25, -0.2) is 4.98 Å². The molecule has 1 aromatic carbocycles. The first kappa shape index (κ1) is 24.7. The molecule has 0 saturated carbocycles. The zero-order valence-electron chi connectivity index (χ0n) is 18.0. The van der Waals surface area contributed by atoms with Crippen LogP contribution in [-0.2, 0) is 19.7 Å². The van der Waals surface area contributed by atoms with Gasteiger partial charge in [0.05, 0.1) is 7.11 Å². The van der Waals surface area contributed by atoms with Crippen LogP contribution in [-0.4, -0.2) is 63.0 Å². The SMILES string of the molecule is COC(=O)[C@H](NS(=O)(=O)N1CCN(c2ccc(C#Cc3nc(Br)cs3)cc2)CC1)C(C)C. The van der Waals surface area contributed by atoms with Gasteiger partial charge in [-0.15, -0.1) is 11.3 Å². The van der Waals surface area contributed by atoms with Gasteiger partial charge in [-0.2, -0.15) is 17.4 Å². The van der Waals surface area contributed by atoms with Gasteiger partial charge in [-0.1, -0.05) is 19.8 Å². The molecule has 3 rings (SSSR count). The number of carbonyl (C=O) groups excluding carboxylic acids is 1. The van der Waals surface area contributed by atoms with E-state index in [2.05, 4.69) is 42.4 Å². The van der Waals surface area contributed by atoms with Crippen molar-refractivity contribution in [1.82, 2.24) is 14.0 Å². The van der Waals surface area contributed by atoms with Crippen molar-refractivity contribution in [2.45, 2.75) is 19.9 Å². The number of methoxy groups -OCH3 is 1. The summed E-state index contributed by atoms with van der Waals surface area (Å²) >= 11 is 4.80. The number of anilines is 1. The number of hydrogen-bond donors (Lipinski definition) is 1. The Morgan fingerprint density at radius 2 is 1.84 bits per heavy atom. The van der Waals surface area contributed by atoms with E-state index in [1.165, 1.54) is 22.8 Å². The topological polar surface area (TPSA) is 91.8 Å². The molecule has 2 aromatic rings. The first-order chi connectivity index (χ1) is 15.2. The maximum Gasteiger partial charge on any atom is 0.324 e. The van der Waals surface area contributed by atoms with Crippen molar-refractivity contribution in [2.24, 2.45) is 5.92 Å². The molecule has 0 spiro atoms. The summed E-state index contributed by atoms with van der Waals surface area (Å²) < 4.78 is 34.9. The predicted molar refractivity (Wildman–Crippen MR) is 129 cm³/mol. The lowest BCUT2D eigenvalue weighted by atomic mass is 10.1. The van der Waals surface area contributed by atoms with Crippen molar-refractivity contribution in [3.8, 4) is 11.8 Å². The Kier molecular flexibility index (Phi) is 8.30. The Hall–Kier alpha value is -1.97. The second kappa shape index (κ2) is 10.8. The number of hydrogen-bond acceptors (Lipinski definition) is 7. The van der Waals surface area contributed by atoms with Crippen molar-refractivity contribution in [1.29, 1.82) is 0 Å². The van der Waals surface area contributed by atoms with E-state index in [0.717, 1.165) is 20.9 Å². The molecule has 1 atom stereocenters. The standard InChI is InChI=1S/C21H25BrN4O4S2/c1-15(2)20(21(27)30-3)24-32(28,29)26-12-10-25(11-13-26)17-7-4-16(5-8-17)6-9-19-23-18(22)14-31-19/h4-5,7-8,14-15,20,24H,10-13H2,1-3H3/t20-/m1/s1. The van der Waals surface area contributed by atoms with Crippen molar-refractivity contribution in [3.63, 3.8) is 0 Å². The summed E-state index contributed by atoms with van der Waals surface area (Å²) in [5.41, 5.74) is 1.89. The molecular formula is C21H25BrN4O4S2. The van der Waals surface area contributed by atoms with Crippen molar-refractivity contribution < 1.29 is 17.9 Å². The Balaban J connectivity index is 1.59. The molecule has 0 bridgehead atoms. The van der Waals surface area contributed by atoms with E-state index in [-0.39, 0.29) is 5.92 Å². The fraction of sp³-hybridized carbons (Fsp3) is 0.429. The summed E-state index contributed by atoms with van der Waals surface area (Å²) in [5.74, 6) is 5.32. The van der Waals surface area contributed by atoms with Gasteiger partial charge >= 0.3 is 5.97 Å². The van der Waals surface area contributed by atoms with Gasteiger partial charge in [0, 0.05) is 42.8 Å². The molecule has 32 heavy (non-hydrogen) atoms. The number of esters is 1. The molecule has 1 saturated heterocycles. The van der Waals surface area contributed by atoms with E-state index in [4.69, 9.17) is 4.74 Å². The summed E-state index contributed by atoms with van der Waals surface area (Å²) in [6, 6.07) is 6.94. The highest BCUT2D eigenvalue weighted by Gasteiger charge is 2.33. The molecule has 1 aliphatic heterocycles. The van der Waals surface area contributed by atoms with E-state index in [1.807, 2.05) is 29.6 Å². The molecule has 0 radical (unpaired) electrons. The van der Waals surface area contributed by atoms with Gasteiger partial charge < -0.3 is 9.64 Å². The summed E-state index contributed by atoms with van der Waals surface area (Å²) in [6.07, 6.45) is 0. The molecule has 11 heteroatoms. The van der Waals surface area contributed by atoms with Crippen LogP contribution in [0, 0.1) is 17.8 Å². The molecule has 0 aliphatic carbocycles. The molecule has 1 N–H and O–H groups in total. The second-order valence-electron chi connectivity index (χ2n) is 7.53. The van der Waals surface area contributed by atoms with Crippen LogP contribution in [0.4, 0.5) is 5.69 Å². The Morgan fingerprint density at radius 3 is 2.38 bits per heavy atom. The van der Waals surface area contributed by atoms with Gasteiger partial charge in [0.25, 0.3) is 10.2 Å². The molecule has 8 nitrogen and oxygen atoms in total. The van der Waals surface area contributed by atoms with E-state index in [0.29, 0.717) is 26.2 Å². The van der Waals surface area contributed by atoms with E-state index < -0.39 is 22.2 Å². The van der Waals surface area contributed by atoms with E-state index >= 15 is 0 Å². The smallest absolute Gasteiger partial charge is 0.324 e. The van der Waals surface area contributed by atoms with Gasteiger partial charge in [-0.3, -0.25) is 4.79 Å². The highest BCUT2D eigenvalue weighted by Crippen LogP contribution is 2.19. The summed E-state index contributed by atoms with van der Waals surface area (Å²) in [6.45, 7) is 5.27. The third-order valence-electron chi connectivity index (χ3n) is 5.00. The minimum absolute atomic E-state index is 0.225. The lowest BCUT2D eigenvalue weighted by Crippen LogP contribution is -2.56. The first-order valence-electron chi connectivity index (χ1n) is 10.0. The van der Waals surface area contributed by atoms with Crippen molar-refractivity contribution >= 4 is 49.1 Å². The zero-order chi connectivity index (χ0) is 23.3. The number of carbonyl (C=O) groups is 1. The number of piperazine rings is 1. The molecule has 1 aliphatic rings. The number of ether oxygens (including phenoxy) is 1. The minimum atomic E-state index is -3.80. The molecular weight excluding hydrogens is 516 g/mol. The second-order valence-corrected chi connectivity index (χ2v) is 10.9. The van der Waals surface area contributed by atoms with Crippen LogP contribution < -0.4 is 9.62 Å². The van der Waals surface area contributed by atoms with Crippen LogP contribution in [0.2, 0.25) is 0 Å². The average molecular weight is 541 g/mol. The third kappa shape index (κ3) is 6.30. The molecule has 1 fully saturated rings. The number of nitrogens with zero attached hydrogens (tertiary/aromatic N) is 3. The quantitative estimate of drug-likeness (QED) is 0.447. The van der Waals surface area contributed by atoms with Crippen molar-refractivity contribution in [3.05, 3.63) is 44.8 Å². The molecule has 0 unspecified atom stereocenters. The van der Waals surface area contributed by atoms with Crippen LogP contribution >= 0.6 is 27.3 Å². The number of benzene rings is 1. The molecule has 0 amide bonds. The highest BCUT2D eigenvalue weighted by molar-refractivity contribution is 9.10. The average Bonchev–Trinajstić information content (AvgIpc) is 3.21. The Labute approximate surface area is 201 Å². The molecule has 2 heterocycles. The van der Waals surface area contributed by atoms with Crippen LogP contribution in [0.5, 0.6) is 0 Å². The lowest BCUT2D eigenvalue weighted by Gasteiger charge is -2.36. The number of halogens is 1. The zero-order valence-corrected chi connectivity index (χ0v) is 21.3. The van der Waals surface area contributed by atoms with E-state index in [1.54, 1.807) is 13.8 Å². The fourth-order valence-corrected chi connectivity index (χ4v) is 5.78. The number of thiazole rings is 1. The summed E-state index contributed by atoms with van der Waals surface area (Å²) in [4.78, 5) is 18.3. The van der Waals surface area contributed by atoms with Gasteiger partial charge in [0.2, 0.25) is 0 Å². The van der Waals surface area contributed by atoms with Gasteiger partial charge in [0.15, 0.2) is 5.01 Å². The fourth-order valence-electron chi connectivity index (χ4n) is 3.20. The number of rotatable bonds is 6. The van der Waals surface area contributed by atoms with Gasteiger partial charge in [0.1, 0.15) is 10.6 Å². The van der Waals surface area contributed by atoms with E-state index in [9.17, 15) is 13.2 Å². The minimum Gasteiger partial charge on any atom is -0.468 e. The normalized spacial score (nSPS) is 15.8. The maximum atomic E-state index is 12.8. The van der Waals surface area contributed by atoms with Crippen LogP contribution in [0.25, 0.3) is 0 Å². The lowest BCUT2D eigenvalue weighted by molar-refractivity contribution is -0.143. The number of aromatic nitrogens is 1. The predicted octanol–water partition coefficient (Wildman–Crippen LogP) is 2.46. The summed E-state index contributed by atoms with van der Waals surface area (Å²) in [5, 5.41) is 2.64. The number of nitrogens with one attached hydrogen (secondary N) is 1. The van der Waals surface area contributed by atoms with Crippen LogP contribution in [0.1, 0.15) is 24.4 Å². The third-order valence-corrected chi connectivity index (χ3v) is 8.06.